The van der Waals surface area contributed by atoms with Crippen molar-refractivity contribution in [2.75, 3.05) is 0 Å². The van der Waals surface area contributed by atoms with Crippen molar-refractivity contribution >= 4 is 27.9 Å². The van der Waals surface area contributed by atoms with Crippen LogP contribution in [0.15, 0.2) is 36.7 Å². The maximum atomic E-state index is 11.3. The quantitative estimate of drug-likeness (QED) is 0.529. The number of aryl methyl sites for hydroxylation is 1. The molecule has 0 fully saturated rings. The smallest absolute Gasteiger partial charge is 0.354 e. The van der Waals surface area contributed by atoms with Gasteiger partial charge in [-0.15, -0.1) is 0 Å². The molecule has 3 heterocycles. The molecule has 0 saturated carbocycles. The summed E-state index contributed by atoms with van der Waals surface area (Å²) in [6.07, 6.45) is 3.56. The van der Waals surface area contributed by atoms with Crippen molar-refractivity contribution in [2.24, 2.45) is 0 Å². The SMILES string of the molecule is Cc1cccc2[nH]cc(-c3cc(C(=O)O)nc4[nH]ncc34)c12. The first-order valence-electron chi connectivity index (χ1n) is 6.79. The highest BCUT2D eigenvalue weighted by Crippen LogP contribution is 2.34. The van der Waals surface area contributed by atoms with Crippen LogP contribution in [-0.4, -0.2) is 31.2 Å². The molecule has 4 aromatic rings. The number of fused-ring (bicyclic) bond motifs is 2. The van der Waals surface area contributed by atoms with Gasteiger partial charge in [0.15, 0.2) is 11.3 Å². The fourth-order valence-corrected chi connectivity index (χ4v) is 2.84. The minimum Gasteiger partial charge on any atom is -0.477 e. The Morgan fingerprint density at radius 1 is 1.27 bits per heavy atom. The van der Waals surface area contributed by atoms with Crippen LogP contribution < -0.4 is 0 Å². The molecule has 0 unspecified atom stereocenters. The van der Waals surface area contributed by atoms with Gasteiger partial charge < -0.3 is 10.1 Å². The molecule has 3 N–H and O–H groups in total. The summed E-state index contributed by atoms with van der Waals surface area (Å²) < 4.78 is 0. The molecule has 22 heavy (non-hydrogen) atoms. The fraction of sp³-hybridized carbons (Fsp3) is 0.0625. The number of H-pyrrole nitrogens is 2. The Balaban J connectivity index is 2.11. The third-order valence-corrected chi connectivity index (χ3v) is 3.85. The van der Waals surface area contributed by atoms with Crippen molar-refractivity contribution in [3.63, 3.8) is 0 Å². The second-order valence-electron chi connectivity index (χ2n) is 5.19. The third-order valence-electron chi connectivity index (χ3n) is 3.85. The Hall–Kier alpha value is -3.15. The number of hydrogen-bond donors (Lipinski definition) is 3. The molecule has 0 bridgehead atoms. The van der Waals surface area contributed by atoms with E-state index in [1.54, 1.807) is 12.3 Å². The second-order valence-corrected chi connectivity index (χ2v) is 5.19. The van der Waals surface area contributed by atoms with Gasteiger partial charge in [0.1, 0.15) is 0 Å². The van der Waals surface area contributed by atoms with E-state index >= 15 is 0 Å². The van der Waals surface area contributed by atoms with Crippen LogP contribution in [0.3, 0.4) is 0 Å². The van der Waals surface area contributed by atoms with E-state index in [9.17, 15) is 9.90 Å². The Labute approximate surface area is 124 Å². The van der Waals surface area contributed by atoms with Crippen LogP contribution in [0.5, 0.6) is 0 Å². The lowest BCUT2D eigenvalue weighted by Gasteiger charge is -2.05. The zero-order chi connectivity index (χ0) is 15.3. The van der Waals surface area contributed by atoms with Gasteiger partial charge in [0, 0.05) is 28.0 Å². The molecule has 0 radical (unpaired) electrons. The van der Waals surface area contributed by atoms with E-state index in [1.807, 2.05) is 31.3 Å². The highest BCUT2D eigenvalue weighted by Gasteiger charge is 2.16. The summed E-state index contributed by atoms with van der Waals surface area (Å²) in [4.78, 5) is 18.6. The summed E-state index contributed by atoms with van der Waals surface area (Å²) in [7, 11) is 0. The van der Waals surface area contributed by atoms with Crippen LogP contribution in [0.1, 0.15) is 16.1 Å². The average molecular weight is 292 g/mol. The summed E-state index contributed by atoms with van der Waals surface area (Å²) in [6, 6.07) is 7.61. The van der Waals surface area contributed by atoms with Gasteiger partial charge in [-0.3, -0.25) is 5.10 Å². The molecule has 1 aromatic carbocycles. The lowest BCUT2D eigenvalue weighted by Crippen LogP contribution is -2.01. The number of carbonyl (C=O) groups is 1. The highest BCUT2D eigenvalue weighted by molar-refractivity contribution is 6.06. The van der Waals surface area contributed by atoms with Crippen LogP contribution in [0.4, 0.5) is 0 Å². The van der Waals surface area contributed by atoms with Gasteiger partial charge in [0.2, 0.25) is 0 Å². The molecule has 6 heteroatoms. The van der Waals surface area contributed by atoms with E-state index in [1.165, 1.54) is 0 Å². The minimum absolute atomic E-state index is 0.00492. The van der Waals surface area contributed by atoms with Crippen molar-refractivity contribution in [1.82, 2.24) is 20.2 Å². The molecule has 108 valence electrons. The number of aromatic nitrogens is 4. The molecule has 0 amide bonds. The van der Waals surface area contributed by atoms with Crippen molar-refractivity contribution < 1.29 is 9.90 Å². The number of nitrogens with one attached hydrogen (secondary N) is 2. The van der Waals surface area contributed by atoms with Gasteiger partial charge in [0.05, 0.1) is 6.20 Å². The first-order valence-corrected chi connectivity index (χ1v) is 6.79. The molecule has 4 rings (SSSR count). The molecule has 3 aromatic heterocycles. The molecule has 6 nitrogen and oxygen atoms in total. The maximum absolute atomic E-state index is 11.3. The lowest BCUT2D eigenvalue weighted by molar-refractivity contribution is 0.0691. The zero-order valence-electron chi connectivity index (χ0n) is 11.7. The van der Waals surface area contributed by atoms with Crippen LogP contribution in [-0.2, 0) is 0 Å². The van der Waals surface area contributed by atoms with Gasteiger partial charge in [-0.1, -0.05) is 12.1 Å². The van der Waals surface area contributed by atoms with Crippen LogP contribution in [0.2, 0.25) is 0 Å². The van der Waals surface area contributed by atoms with Crippen LogP contribution >= 0.6 is 0 Å². The number of hydrogen-bond acceptors (Lipinski definition) is 3. The van der Waals surface area contributed by atoms with Gasteiger partial charge in [-0.05, 0) is 30.2 Å². The molecular weight excluding hydrogens is 280 g/mol. The Kier molecular flexibility index (Phi) is 2.53. The average Bonchev–Trinajstić information content (AvgIpc) is 3.13. The largest absolute Gasteiger partial charge is 0.477 e. The Morgan fingerprint density at radius 2 is 2.14 bits per heavy atom. The van der Waals surface area contributed by atoms with Gasteiger partial charge in [-0.2, -0.15) is 5.10 Å². The summed E-state index contributed by atoms with van der Waals surface area (Å²) >= 11 is 0. The predicted molar refractivity (Wildman–Crippen MR) is 82.9 cm³/mol. The number of carboxylic acid groups (broad SMARTS) is 1. The number of nitrogens with zero attached hydrogens (tertiary/aromatic N) is 2. The summed E-state index contributed by atoms with van der Waals surface area (Å²) in [5, 5.41) is 17.9. The molecule has 0 saturated heterocycles. The number of rotatable bonds is 2. The van der Waals surface area contributed by atoms with Crippen molar-refractivity contribution in [2.45, 2.75) is 6.92 Å². The van der Waals surface area contributed by atoms with Crippen molar-refractivity contribution in [1.29, 1.82) is 0 Å². The highest BCUT2D eigenvalue weighted by atomic mass is 16.4. The number of pyridine rings is 1. The minimum atomic E-state index is -1.06. The molecule has 0 aliphatic carbocycles. The van der Waals surface area contributed by atoms with Gasteiger partial charge in [-0.25, -0.2) is 9.78 Å². The first-order chi connectivity index (χ1) is 10.6. The normalized spacial score (nSPS) is 11.3. The first kappa shape index (κ1) is 12.6. The lowest BCUT2D eigenvalue weighted by atomic mass is 9.99. The molecule has 0 aliphatic heterocycles. The fourth-order valence-electron chi connectivity index (χ4n) is 2.84. The summed E-state index contributed by atoms with van der Waals surface area (Å²) in [5.74, 6) is -1.06. The van der Waals surface area contributed by atoms with E-state index in [2.05, 4.69) is 20.2 Å². The zero-order valence-corrected chi connectivity index (χ0v) is 11.7. The van der Waals surface area contributed by atoms with Crippen molar-refractivity contribution in [3.8, 4) is 11.1 Å². The van der Waals surface area contributed by atoms with E-state index in [0.29, 0.717) is 5.65 Å². The van der Waals surface area contributed by atoms with E-state index in [-0.39, 0.29) is 5.69 Å². The monoisotopic (exact) mass is 292 g/mol. The number of benzene rings is 1. The van der Waals surface area contributed by atoms with Crippen LogP contribution in [0, 0.1) is 6.92 Å². The van der Waals surface area contributed by atoms with Crippen LogP contribution in [0.25, 0.3) is 33.1 Å². The van der Waals surface area contributed by atoms with E-state index in [0.717, 1.165) is 33.0 Å². The molecule has 0 spiro atoms. The van der Waals surface area contributed by atoms with Crippen molar-refractivity contribution in [3.05, 3.63) is 47.9 Å². The third kappa shape index (κ3) is 1.70. The van der Waals surface area contributed by atoms with E-state index < -0.39 is 5.97 Å². The summed E-state index contributed by atoms with van der Waals surface area (Å²) in [6.45, 7) is 2.03. The second kappa shape index (κ2) is 4.42. The predicted octanol–water partition coefficient (Wildman–Crippen LogP) is 3.11. The Bertz CT molecular complexity index is 1030. The number of carboxylic acids is 1. The number of aromatic amines is 2. The molecule has 0 aliphatic rings. The van der Waals surface area contributed by atoms with E-state index in [4.69, 9.17) is 0 Å². The maximum Gasteiger partial charge on any atom is 0.354 e. The van der Waals surface area contributed by atoms with Gasteiger partial charge >= 0.3 is 5.97 Å². The number of aromatic carboxylic acids is 1. The topological polar surface area (TPSA) is 94.7 Å². The summed E-state index contributed by atoms with van der Waals surface area (Å²) in [5.41, 5.74) is 4.35. The Morgan fingerprint density at radius 3 is 2.95 bits per heavy atom. The molecular formula is C16H12N4O2. The van der Waals surface area contributed by atoms with Gasteiger partial charge in [0.25, 0.3) is 0 Å². The molecule has 0 atom stereocenters. The standard InChI is InChI=1S/C16H12N4O2/c1-8-3-2-4-12-14(8)10(6-17-12)9-5-13(16(21)22)19-15-11(9)7-18-20-15/h2-7,17H,1H3,(H,21,22)(H,18,19,20).